The lowest BCUT2D eigenvalue weighted by molar-refractivity contribution is -0.944. The molecule has 1 saturated heterocycles. The van der Waals surface area contributed by atoms with E-state index in [1.807, 2.05) is 12.1 Å². The van der Waals surface area contributed by atoms with Crippen molar-refractivity contribution in [1.29, 1.82) is 0 Å². The fourth-order valence-corrected chi connectivity index (χ4v) is 4.94. The van der Waals surface area contributed by atoms with E-state index in [1.54, 1.807) is 14.1 Å². The Balaban J connectivity index is 1.59. The maximum absolute atomic E-state index is 11.4. The molecule has 176 valence electrons. The number of aliphatic hydroxyl groups excluding tert-OH is 3. The van der Waals surface area contributed by atoms with Crippen LogP contribution < -0.4 is 5.11 Å². The normalized spacial score (nSPS) is 27.3. The molecule has 0 amide bonds. The summed E-state index contributed by atoms with van der Waals surface area (Å²) in [5, 5.41) is 42.0. The number of hydrogen-bond donors (Lipinski definition) is 3. The molecule has 0 radical (unpaired) electrons. The molecule has 0 unspecified atom stereocenters. The van der Waals surface area contributed by atoms with E-state index in [2.05, 4.69) is 42.5 Å². The van der Waals surface area contributed by atoms with Gasteiger partial charge in [-0.2, -0.15) is 0 Å². The van der Waals surface area contributed by atoms with Gasteiger partial charge < -0.3 is 34.4 Å². The molecule has 2 aliphatic rings. The van der Waals surface area contributed by atoms with Crippen molar-refractivity contribution in [3.63, 3.8) is 0 Å². The molecule has 3 N–H and O–H groups in total. The molecule has 1 aliphatic carbocycles. The van der Waals surface area contributed by atoms with Gasteiger partial charge in [0.15, 0.2) is 6.10 Å². The number of carboxylic acid groups (broad SMARTS) is 1. The van der Waals surface area contributed by atoms with Crippen molar-refractivity contribution in [2.75, 3.05) is 20.6 Å². The summed E-state index contributed by atoms with van der Waals surface area (Å²) < 4.78 is 5.61. The van der Waals surface area contributed by atoms with Crippen LogP contribution in [0.4, 0.5) is 0 Å². The molecular formula is C26H31NO6. The number of aliphatic carboxylic acids is 1. The molecule has 7 nitrogen and oxygen atoms in total. The molecule has 1 aliphatic heterocycles. The Kier molecular flexibility index (Phi) is 6.70. The van der Waals surface area contributed by atoms with Gasteiger partial charge in [-0.3, -0.25) is 0 Å². The summed E-state index contributed by atoms with van der Waals surface area (Å²) in [6, 6.07) is 16.8. The van der Waals surface area contributed by atoms with Crippen LogP contribution in [0.5, 0.6) is 0 Å². The number of ether oxygens (including phenoxy) is 1. The maximum atomic E-state index is 11.4. The Morgan fingerprint density at radius 1 is 0.970 bits per heavy atom. The molecular weight excluding hydrogens is 422 g/mol. The zero-order chi connectivity index (χ0) is 23.8. The molecule has 4 rings (SSSR count). The second kappa shape index (κ2) is 9.37. The van der Waals surface area contributed by atoms with Crippen LogP contribution in [0.15, 0.2) is 54.6 Å². The highest BCUT2D eigenvalue weighted by Crippen LogP contribution is 2.34. The van der Waals surface area contributed by atoms with Crippen molar-refractivity contribution in [3.05, 3.63) is 76.9 Å². The summed E-state index contributed by atoms with van der Waals surface area (Å²) in [5.41, 5.74) is 6.17. The predicted octanol–water partition coefficient (Wildman–Crippen LogP) is 0.241. The Morgan fingerprint density at radius 2 is 1.52 bits per heavy atom. The van der Waals surface area contributed by atoms with Crippen molar-refractivity contribution in [1.82, 2.24) is 0 Å². The van der Waals surface area contributed by atoms with Crippen LogP contribution in [0.25, 0.3) is 5.57 Å². The topological polar surface area (TPSA) is 110 Å². The number of aryl methyl sites for hydroxylation is 2. The number of likely N-dealkylation sites (N-methyl/N-ethyl adjacent to an activating group) is 1. The van der Waals surface area contributed by atoms with E-state index in [0.717, 1.165) is 18.4 Å². The molecule has 1 heterocycles. The SMILES string of the molecule is C[N+](C)(CCC=C1c2ccccc2CCc2ccccc21)[C@@H]1O[C@H](C(=O)[O-])[C@@H](O)[C@@H](O)[C@H]1O. The van der Waals surface area contributed by atoms with E-state index in [9.17, 15) is 25.2 Å². The number of fused-ring (bicyclic) bond motifs is 2. The summed E-state index contributed by atoms with van der Waals surface area (Å²) in [6.45, 7) is 0.512. The van der Waals surface area contributed by atoms with Crippen LogP contribution in [-0.4, -0.2) is 77.1 Å². The zero-order valence-electron chi connectivity index (χ0n) is 18.9. The molecule has 0 saturated carbocycles. The van der Waals surface area contributed by atoms with Crippen molar-refractivity contribution in [2.24, 2.45) is 0 Å². The summed E-state index contributed by atoms with van der Waals surface area (Å²) in [4.78, 5) is 11.4. The first-order valence-corrected chi connectivity index (χ1v) is 11.3. The van der Waals surface area contributed by atoms with Crippen LogP contribution >= 0.6 is 0 Å². The van der Waals surface area contributed by atoms with Gasteiger partial charge in [0.2, 0.25) is 6.23 Å². The van der Waals surface area contributed by atoms with Gasteiger partial charge >= 0.3 is 0 Å². The molecule has 1 fully saturated rings. The van der Waals surface area contributed by atoms with E-state index in [4.69, 9.17) is 4.74 Å². The van der Waals surface area contributed by atoms with E-state index in [0.29, 0.717) is 13.0 Å². The van der Waals surface area contributed by atoms with Gasteiger partial charge in [-0.15, -0.1) is 0 Å². The van der Waals surface area contributed by atoms with Crippen LogP contribution in [-0.2, 0) is 22.4 Å². The average molecular weight is 454 g/mol. The van der Waals surface area contributed by atoms with Crippen molar-refractivity contribution in [2.45, 2.75) is 49.9 Å². The van der Waals surface area contributed by atoms with Gasteiger partial charge in [-0.05, 0) is 40.7 Å². The smallest absolute Gasteiger partial charge is 0.222 e. The monoisotopic (exact) mass is 453 g/mol. The number of aliphatic hydroxyl groups is 3. The minimum Gasteiger partial charge on any atom is -0.547 e. The van der Waals surface area contributed by atoms with Crippen LogP contribution in [0.1, 0.15) is 28.7 Å². The Labute approximate surface area is 193 Å². The molecule has 2 aromatic carbocycles. The van der Waals surface area contributed by atoms with Crippen molar-refractivity contribution < 1.29 is 34.4 Å². The van der Waals surface area contributed by atoms with Crippen molar-refractivity contribution >= 4 is 11.5 Å². The van der Waals surface area contributed by atoms with E-state index >= 15 is 0 Å². The molecule has 0 spiro atoms. The van der Waals surface area contributed by atoms with Gasteiger partial charge in [-0.25, -0.2) is 0 Å². The number of carbonyl (C=O) groups excluding carboxylic acids is 1. The zero-order valence-corrected chi connectivity index (χ0v) is 18.9. The summed E-state index contributed by atoms with van der Waals surface area (Å²) in [5.74, 6) is -1.62. The lowest BCUT2D eigenvalue weighted by atomic mass is 9.93. The Bertz CT molecular complexity index is 999. The average Bonchev–Trinajstić information content (AvgIpc) is 2.94. The predicted molar refractivity (Wildman–Crippen MR) is 121 cm³/mol. The summed E-state index contributed by atoms with van der Waals surface area (Å²) >= 11 is 0. The second-order valence-electron chi connectivity index (χ2n) is 9.46. The number of rotatable bonds is 5. The van der Waals surface area contributed by atoms with E-state index < -0.39 is 36.6 Å². The maximum Gasteiger partial charge on any atom is 0.222 e. The number of carbonyl (C=O) groups is 1. The van der Waals surface area contributed by atoms with Gasteiger partial charge in [0.1, 0.15) is 18.3 Å². The van der Waals surface area contributed by atoms with E-state index in [-0.39, 0.29) is 4.48 Å². The number of nitrogens with zero attached hydrogens (tertiary/aromatic N) is 1. The number of quaternary nitrogens is 1. The molecule has 5 atom stereocenters. The lowest BCUT2D eigenvalue weighted by Crippen LogP contribution is -2.69. The summed E-state index contributed by atoms with van der Waals surface area (Å²) in [7, 11) is 3.61. The third-order valence-corrected chi connectivity index (χ3v) is 6.84. The standard InChI is InChI=1S/C26H31NO6/c1-27(2,25-23(30)21(28)22(29)24(33-25)26(31)32)15-7-12-20-18-10-5-3-8-16(18)13-14-17-9-4-6-11-19(17)20/h3-6,8-12,21-25,28-30H,7,13-15H2,1-2H3/t21-,22+,23-,24+,25-/m1/s1. The fourth-order valence-electron chi connectivity index (χ4n) is 4.94. The first-order chi connectivity index (χ1) is 15.7. The van der Waals surface area contributed by atoms with Crippen molar-refractivity contribution in [3.8, 4) is 0 Å². The highest BCUT2D eigenvalue weighted by atomic mass is 16.6. The molecule has 7 heteroatoms. The van der Waals surface area contributed by atoms with Crippen LogP contribution in [0.2, 0.25) is 0 Å². The highest BCUT2D eigenvalue weighted by Gasteiger charge is 2.50. The first kappa shape index (κ1) is 23.6. The highest BCUT2D eigenvalue weighted by molar-refractivity contribution is 5.83. The second-order valence-corrected chi connectivity index (χ2v) is 9.46. The molecule has 2 aromatic rings. The molecule has 33 heavy (non-hydrogen) atoms. The van der Waals surface area contributed by atoms with Gasteiger partial charge in [0, 0.05) is 6.42 Å². The number of benzene rings is 2. The van der Waals surface area contributed by atoms with Crippen LogP contribution in [0.3, 0.4) is 0 Å². The lowest BCUT2D eigenvalue weighted by Gasteiger charge is -2.47. The molecule has 0 bridgehead atoms. The quantitative estimate of drug-likeness (QED) is 0.560. The number of carboxylic acids is 1. The summed E-state index contributed by atoms with van der Waals surface area (Å²) in [6.07, 6.45) is -2.80. The minimum absolute atomic E-state index is 0.0990. The Morgan fingerprint density at radius 3 is 2.06 bits per heavy atom. The van der Waals surface area contributed by atoms with Gasteiger partial charge in [-0.1, -0.05) is 54.6 Å². The van der Waals surface area contributed by atoms with Gasteiger partial charge in [0.05, 0.1) is 26.6 Å². The fraction of sp³-hybridized carbons (Fsp3) is 0.423. The van der Waals surface area contributed by atoms with Gasteiger partial charge in [0.25, 0.3) is 0 Å². The van der Waals surface area contributed by atoms with E-state index in [1.165, 1.54) is 22.3 Å². The third kappa shape index (κ3) is 4.60. The first-order valence-electron chi connectivity index (χ1n) is 11.3. The van der Waals surface area contributed by atoms with Crippen LogP contribution in [0, 0.1) is 0 Å². The minimum atomic E-state index is -1.75. The third-order valence-electron chi connectivity index (χ3n) is 6.84. The Hall–Kier alpha value is -2.55. The number of hydrogen-bond acceptors (Lipinski definition) is 6. The largest absolute Gasteiger partial charge is 0.547 e. The molecule has 0 aromatic heterocycles.